The zero-order valence-electron chi connectivity index (χ0n) is 16.5. The fourth-order valence-electron chi connectivity index (χ4n) is 3.46. The highest BCUT2D eigenvalue weighted by Crippen LogP contribution is 2.38. The molecular weight excluding hydrogens is 346 g/mol. The van der Waals surface area contributed by atoms with Crippen LogP contribution >= 0.6 is 0 Å². The van der Waals surface area contributed by atoms with E-state index >= 15 is 0 Å². The second-order valence-electron chi connectivity index (χ2n) is 7.36. The number of carbonyl (C=O) groups is 2. The highest BCUT2D eigenvalue weighted by molar-refractivity contribution is 6.01. The summed E-state index contributed by atoms with van der Waals surface area (Å²) in [7, 11) is 4.85. The highest BCUT2D eigenvalue weighted by Gasteiger charge is 2.42. The Hall–Kier alpha value is -2.70. The first-order valence-corrected chi connectivity index (χ1v) is 9.15. The molecule has 0 unspecified atom stereocenters. The number of amides is 3. The quantitative estimate of drug-likeness (QED) is 0.832. The molecule has 3 amide bonds. The zero-order valence-corrected chi connectivity index (χ0v) is 16.5. The second-order valence-corrected chi connectivity index (χ2v) is 7.36. The van der Waals surface area contributed by atoms with Crippen molar-refractivity contribution in [2.75, 3.05) is 34.4 Å². The third-order valence-corrected chi connectivity index (χ3v) is 5.12. The van der Waals surface area contributed by atoms with Crippen LogP contribution in [0, 0.1) is 5.92 Å². The van der Waals surface area contributed by atoms with Gasteiger partial charge in [-0.05, 0) is 30.0 Å². The highest BCUT2D eigenvalue weighted by atomic mass is 16.5. The molecule has 0 spiro atoms. The number of ether oxygens (including phenoxy) is 2. The van der Waals surface area contributed by atoms with Gasteiger partial charge in [0, 0.05) is 19.7 Å². The first-order valence-electron chi connectivity index (χ1n) is 9.15. The minimum absolute atomic E-state index is 0.0238. The van der Waals surface area contributed by atoms with E-state index in [0.29, 0.717) is 36.1 Å². The molecule has 0 saturated heterocycles. The predicted molar refractivity (Wildman–Crippen MR) is 102 cm³/mol. The van der Waals surface area contributed by atoms with Gasteiger partial charge in [-0.3, -0.25) is 9.69 Å². The van der Waals surface area contributed by atoms with Crippen molar-refractivity contribution in [2.45, 2.75) is 26.3 Å². The van der Waals surface area contributed by atoms with Crippen LogP contribution in [0.25, 0.3) is 0 Å². The van der Waals surface area contributed by atoms with E-state index in [9.17, 15) is 9.59 Å². The number of rotatable bonds is 6. The van der Waals surface area contributed by atoms with E-state index in [1.165, 1.54) is 4.90 Å². The predicted octanol–water partition coefficient (Wildman–Crippen LogP) is 2.54. The van der Waals surface area contributed by atoms with Gasteiger partial charge in [0.15, 0.2) is 0 Å². The third kappa shape index (κ3) is 3.59. The van der Waals surface area contributed by atoms with Crippen molar-refractivity contribution in [1.29, 1.82) is 0 Å². The molecule has 1 atom stereocenters. The van der Waals surface area contributed by atoms with Crippen LogP contribution in [0.15, 0.2) is 29.5 Å². The molecule has 2 aliphatic heterocycles. The van der Waals surface area contributed by atoms with E-state index in [0.717, 1.165) is 17.7 Å². The lowest BCUT2D eigenvalue weighted by atomic mass is 9.95. The summed E-state index contributed by atoms with van der Waals surface area (Å²) in [5.74, 6) is 1.71. The summed E-state index contributed by atoms with van der Waals surface area (Å²) in [4.78, 5) is 29.0. The molecule has 7 nitrogen and oxygen atoms in total. The second kappa shape index (κ2) is 7.50. The van der Waals surface area contributed by atoms with E-state index in [4.69, 9.17) is 9.47 Å². The van der Waals surface area contributed by atoms with E-state index in [2.05, 4.69) is 19.2 Å². The Kier molecular flexibility index (Phi) is 5.30. The number of urea groups is 1. The maximum Gasteiger partial charge on any atom is 0.322 e. The molecule has 7 heteroatoms. The normalized spacial score (nSPS) is 19.6. The molecule has 2 heterocycles. The van der Waals surface area contributed by atoms with Crippen LogP contribution in [-0.2, 0) is 4.79 Å². The minimum Gasteiger partial charge on any atom is -0.497 e. The lowest BCUT2D eigenvalue weighted by molar-refractivity contribution is -0.125. The number of nitrogens with one attached hydrogen (secondary N) is 1. The molecule has 2 aliphatic rings. The third-order valence-electron chi connectivity index (χ3n) is 5.12. The molecule has 0 aliphatic carbocycles. The van der Waals surface area contributed by atoms with Gasteiger partial charge >= 0.3 is 6.03 Å². The number of hydrogen-bond donors (Lipinski definition) is 1. The maximum atomic E-state index is 13.1. The summed E-state index contributed by atoms with van der Waals surface area (Å²) < 4.78 is 10.7. The summed E-state index contributed by atoms with van der Waals surface area (Å²) in [5.41, 5.74) is 2.15. The summed E-state index contributed by atoms with van der Waals surface area (Å²) in [6.45, 7) is 5.41. The van der Waals surface area contributed by atoms with E-state index in [-0.39, 0.29) is 11.9 Å². The van der Waals surface area contributed by atoms with E-state index < -0.39 is 6.04 Å². The Morgan fingerprint density at radius 2 is 1.78 bits per heavy atom. The van der Waals surface area contributed by atoms with Gasteiger partial charge in [0.1, 0.15) is 11.5 Å². The smallest absolute Gasteiger partial charge is 0.322 e. The average Bonchev–Trinajstić information content (AvgIpc) is 2.99. The molecule has 1 N–H and O–H groups in total. The summed E-state index contributed by atoms with van der Waals surface area (Å²) in [6, 6.07) is 4.67. The summed E-state index contributed by atoms with van der Waals surface area (Å²) in [5, 5.41) is 2.94. The molecule has 1 aromatic rings. The van der Waals surface area contributed by atoms with Gasteiger partial charge in [0.2, 0.25) is 0 Å². The fourth-order valence-corrected chi connectivity index (χ4v) is 3.46. The zero-order chi connectivity index (χ0) is 19.7. The van der Waals surface area contributed by atoms with Crippen molar-refractivity contribution in [3.63, 3.8) is 0 Å². The van der Waals surface area contributed by atoms with Crippen LogP contribution in [0.2, 0.25) is 0 Å². The number of methoxy groups -OCH3 is 2. The standard InChI is InChI=1S/C20H27N3O4/c1-12(2)6-7-23-11-16-17(19(23)24)18(21-20(25)22(16)3)13-8-14(26-4)10-15(9-13)27-5/h8-10,12,18H,6-7,11H2,1-5H3,(H,21,25)/t18-/m0/s1. The Morgan fingerprint density at radius 1 is 1.15 bits per heavy atom. The van der Waals surface area contributed by atoms with Crippen molar-refractivity contribution >= 4 is 11.9 Å². The molecule has 146 valence electrons. The van der Waals surface area contributed by atoms with E-state index in [1.807, 2.05) is 17.0 Å². The largest absolute Gasteiger partial charge is 0.497 e. The van der Waals surface area contributed by atoms with Crippen LogP contribution in [0.5, 0.6) is 11.5 Å². The Labute approximate surface area is 159 Å². The lowest BCUT2D eigenvalue weighted by Gasteiger charge is -2.31. The topological polar surface area (TPSA) is 71.1 Å². The van der Waals surface area contributed by atoms with Crippen LogP contribution in [0.3, 0.4) is 0 Å². The minimum atomic E-state index is -0.524. The van der Waals surface area contributed by atoms with Crippen molar-refractivity contribution in [1.82, 2.24) is 15.1 Å². The van der Waals surface area contributed by atoms with Crippen LogP contribution in [-0.4, -0.2) is 56.1 Å². The average molecular weight is 373 g/mol. The molecule has 0 radical (unpaired) electrons. The number of carbonyl (C=O) groups excluding carboxylic acids is 2. The summed E-state index contributed by atoms with van der Waals surface area (Å²) in [6.07, 6.45) is 0.926. The van der Waals surface area contributed by atoms with Gasteiger partial charge in [-0.1, -0.05) is 13.8 Å². The Morgan fingerprint density at radius 3 is 2.33 bits per heavy atom. The Bertz CT molecular complexity index is 765. The van der Waals surface area contributed by atoms with Gasteiger partial charge in [0.05, 0.1) is 38.1 Å². The lowest BCUT2D eigenvalue weighted by Crippen LogP contribution is -2.45. The molecule has 27 heavy (non-hydrogen) atoms. The number of nitrogens with zero attached hydrogens (tertiary/aromatic N) is 2. The van der Waals surface area contributed by atoms with Gasteiger partial charge in [-0.15, -0.1) is 0 Å². The summed E-state index contributed by atoms with van der Waals surface area (Å²) >= 11 is 0. The van der Waals surface area contributed by atoms with Crippen molar-refractivity contribution in [3.8, 4) is 11.5 Å². The maximum absolute atomic E-state index is 13.1. The fraction of sp³-hybridized carbons (Fsp3) is 0.500. The molecule has 0 fully saturated rings. The SMILES string of the molecule is COc1cc(OC)cc([C@@H]2NC(=O)N(C)C3=C2C(=O)N(CCC(C)C)C3)c1. The van der Waals surface area contributed by atoms with Crippen LogP contribution in [0.1, 0.15) is 31.9 Å². The molecular formula is C20H27N3O4. The first-order chi connectivity index (χ1) is 12.8. The van der Waals surface area contributed by atoms with Gasteiger partial charge in [-0.25, -0.2) is 4.79 Å². The van der Waals surface area contributed by atoms with Crippen molar-refractivity contribution < 1.29 is 19.1 Å². The van der Waals surface area contributed by atoms with Gasteiger partial charge in [-0.2, -0.15) is 0 Å². The van der Waals surface area contributed by atoms with Crippen LogP contribution in [0.4, 0.5) is 4.79 Å². The van der Waals surface area contributed by atoms with Crippen LogP contribution < -0.4 is 14.8 Å². The monoisotopic (exact) mass is 373 g/mol. The number of hydrogen-bond acceptors (Lipinski definition) is 4. The number of benzene rings is 1. The Balaban J connectivity index is 1.99. The first kappa shape index (κ1) is 19.1. The molecule has 0 aromatic heterocycles. The van der Waals surface area contributed by atoms with E-state index in [1.54, 1.807) is 27.3 Å². The van der Waals surface area contributed by atoms with Crippen molar-refractivity contribution in [2.24, 2.45) is 5.92 Å². The molecule has 0 saturated carbocycles. The number of likely N-dealkylation sites (N-methyl/N-ethyl adjacent to an activating group) is 1. The van der Waals surface area contributed by atoms with Gasteiger partial charge < -0.3 is 19.7 Å². The molecule has 1 aromatic carbocycles. The van der Waals surface area contributed by atoms with Crippen molar-refractivity contribution in [3.05, 3.63) is 35.0 Å². The van der Waals surface area contributed by atoms with Gasteiger partial charge in [0.25, 0.3) is 5.91 Å². The molecule has 3 rings (SSSR count). The molecule has 0 bridgehead atoms.